The topological polar surface area (TPSA) is 37.4 Å². The Kier molecular flexibility index (Phi) is 5.60. The van der Waals surface area contributed by atoms with Gasteiger partial charge in [-0.25, -0.2) is 8.42 Å². The molecule has 0 aliphatic carbocycles. The standard InChI is InChI=1S/C15H15Br2NO2S/c1-2-18(11-12-6-4-3-5-7-12)21(19,20)15-10-13(16)8-9-14(15)17/h3-10H,2,11H2,1H3. The predicted octanol–water partition coefficient (Wildman–Crippen LogP) is 4.42. The van der Waals surface area contributed by atoms with Crippen molar-refractivity contribution in [2.24, 2.45) is 0 Å². The summed E-state index contributed by atoms with van der Waals surface area (Å²) in [6.45, 7) is 2.61. The minimum absolute atomic E-state index is 0.273. The van der Waals surface area contributed by atoms with Crippen LogP contribution in [-0.4, -0.2) is 19.3 Å². The number of sulfonamides is 1. The summed E-state index contributed by atoms with van der Waals surface area (Å²) in [5.41, 5.74) is 0.967. The molecule has 112 valence electrons. The van der Waals surface area contributed by atoms with E-state index < -0.39 is 10.0 Å². The quantitative estimate of drug-likeness (QED) is 0.701. The van der Waals surface area contributed by atoms with Crippen molar-refractivity contribution in [3.8, 4) is 0 Å². The maximum absolute atomic E-state index is 12.8. The fraction of sp³-hybridized carbons (Fsp3) is 0.200. The smallest absolute Gasteiger partial charge is 0.207 e. The molecule has 0 spiro atoms. The zero-order valence-electron chi connectivity index (χ0n) is 11.5. The van der Waals surface area contributed by atoms with E-state index in [0.717, 1.165) is 10.0 Å². The van der Waals surface area contributed by atoms with E-state index in [1.165, 1.54) is 4.31 Å². The Labute approximate surface area is 142 Å². The number of halogens is 2. The highest BCUT2D eigenvalue weighted by atomic mass is 79.9. The molecule has 0 radical (unpaired) electrons. The first kappa shape index (κ1) is 16.7. The molecular weight excluding hydrogens is 418 g/mol. The van der Waals surface area contributed by atoms with Gasteiger partial charge in [-0.3, -0.25) is 0 Å². The molecule has 2 aromatic carbocycles. The number of hydrogen-bond acceptors (Lipinski definition) is 2. The molecule has 0 bridgehead atoms. The second-order valence-electron chi connectivity index (χ2n) is 4.49. The number of benzene rings is 2. The zero-order chi connectivity index (χ0) is 15.5. The highest BCUT2D eigenvalue weighted by Gasteiger charge is 2.25. The molecule has 3 nitrogen and oxygen atoms in total. The van der Waals surface area contributed by atoms with Crippen LogP contribution in [0.1, 0.15) is 12.5 Å². The van der Waals surface area contributed by atoms with E-state index in [0.29, 0.717) is 17.6 Å². The SMILES string of the molecule is CCN(Cc1ccccc1)S(=O)(=O)c1cc(Br)ccc1Br. The third-order valence-electron chi connectivity index (χ3n) is 3.07. The average molecular weight is 433 g/mol. The fourth-order valence-electron chi connectivity index (χ4n) is 1.97. The summed E-state index contributed by atoms with van der Waals surface area (Å²) in [5, 5.41) is 0. The minimum Gasteiger partial charge on any atom is -0.207 e. The Balaban J connectivity index is 2.38. The number of rotatable bonds is 5. The monoisotopic (exact) mass is 431 g/mol. The van der Waals surface area contributed by atoms with Crippen LogP contribution in [-0.2, 0) is 16.6 Å². The first-order valence-electron chi connectivity index (χ1n) is 6.44. The van der Waals surface area contributed by atoms with Crippen LogP contribution in [0.5, 0.6) is 0 Å². The molecule has 2 rings (SSSR count). The van der Waals surface area contributed by atoms with Crippen LogP contribution < -0.4 is 0 Å². The van der Waals surface area contributed by atoms with Gasteiger partial charge >= 0.3 is 0 Å². The summed E-state index contributed by atoms with van der Waals surface area (Å²) < 4.78 is 28.4. The zero-order valence-corrected chi connectivity index (χ0v) is 15.4. The van der Waals surface area contributed by atoms with Crippen molar-refractivity contribution in [1.29, 1.82) is 0 Å². The molecule has 0 unspecified atom stereocenters. The molecule has 6 heteroatoms. The summed E-state index contributed by atoms with van der Waals surface area (Å²) >= 11 is 6.65. The maximum Gasteiger partial charge on any atom is 0.244 e. The lowest BCUT2D eigenvalue weighted by molar-refractivity contribution is 0.423. The molecule has 2 aromatic rings. The molecule has 0 fully saturated rings. The van der Waals surface area contributed by atoms with Crippen molar-refractivity contribution in [3.05, 3.63) is 63.0 Å². The molecule has 21 heavy (non-hydrogen) atoms. The number of hydrogen-bond donors (Lipinski definition) is 0. The van der Waals surface area contributed by atoms with Crippen molar-refractivity contribution in [2.75, 3.05) is 6.54 Å². The van der Waals surface area contributed by atoms with Crippen LogP contribution in [0.3, 0.4) is 0 Å². The van der Waals surface area contributed by atoms with Gasteiger partial charge in [-0.1, -0.05) is 53.2 Å². The lowest BCUT2D eigenvalue weighted by atomic mass is 10.2. The van der Waals surface area contributed by atoms with Gasteiger partial charge in [-0.15, -0.1) is 0 Å². The lowest BCUT2D eigenvalue weighted by Crippen LogP contribution is -2.30. The van der Waals surface area contributed by atoms with Gasteiger partial charge in [0.2, 0.25) is 10.0 Å². The van der Waals surface area contributed by atoms with E-state index in [1.807, 2.05) is 37.3 Å². The molecule has 0 saturated carbocycles. The molecule has 0 amide bonds. The van der Waals surface area contributed by atoms with E-state index >= 15 is 0 Å². The third-order valence-corrected chi connectivity index (χ3v) is 6.47. The average Bonchev–Trinajstić information content (AvgIpc) is 2.48. The Morgan fingerprint density at radius 3 is 2.33 bits per heavy atom. The van der Waals surface area contributed by atoms with Gasteiger partial charge in [0.15, 0.2) is 0 Å². The van der Waals surface area contributed by atoms with Gasteiger partial charge in [-0.05, 0) is 39.7 Å². The van der Waals surface area contributed by atoms with Crippen molar-refractivity contribution in [3.63, 3.8) is 0 Å². The lowest BCUT2D eigenvalue weighted by Gasteiger charge is -2.21. The molecule has 0 atom stereocenters. The molecule has 0 aromatic heterocycles. The van der Waals surface area contributed by atoms with Gasteiger partial charge in [0.05, 0.1) is 4.90 Å². The summed E-state index contributed by atoms with van der Waals surface area (Å²) in [6.07, 6.45) is 0. The van der Waals surface area contributed by atoms with Crippen LogP contribution >= 0.6 is 31.9 Å². The minimum atomic E-state index is -3.55. The fourth-order valence-corrected chi connectivity index (χ4v) is 4.87. The van der Waals surface area contributed by atoms with Crippen LogP contribution in [0.4, 0.5) is 0 Å². The first-order chi connectivity index (χ1) is 9.95. The van der Waals surface area contributed by atoms with Gasteiger partial charge < -0.3 is 0 Å². The van der Waals surface area contributed by atoms with Crippen molar-refractivity contribution < 1.29 is 8.42 Å². The second-order valence-corrected chi connectivity index (χ2v) is 8.17. The van der Waals surface area contributed by atoms with Gasteiger partial charge in [0.1, 0.15) is 0 Å². The highest BCUT2D eigenvalue weighted by Crippen LogP contribution is 2.28. The predicted molar refractivity (Wildman–Crippen MR) is 91.6 cm³/mol. The van der Waals surface area contributed by atoms with Crippen LogP contribution in [0, 0.1) is 0 Å². The summed E-state index contributed by atoms with van der Waals surface area (Å²) in [5.74, 6) is 0. The van der Waals surface area contributed by atoms with E-state index in [-0.39, 0.29) is 4.90 Å². The number of nitrogens with zero attached hydrogens (tertiary/aromatic N) is 1. The van der Waals surface area contributed by atoms with Crippen LogP contribution in [0.25, 0.3) is 0 Å². The largest absolute Gasteiger partial charge is 0.244 e. The van der Waals surface area contributed by atoms with Crippen molar-refractivity contribution in [2.45, 2.75) is 18.4 Å². The van der Waals surface area contributed by atoms with Crippen LogP contribution in [0.15, 0.2) is 62.4 Å². The summed E-state index contributed by atoms with van der Waals surface area (Å²) in [7, 11) is -3.55. The van der Waals surface area contributed by atoms with Gasteiger partial charge in [0.25, 0.3) is 0 Å². The Bertz CT molecular complexity index is 718. The van der Waals surface area contributed by atoms with Crippen molar-refractivity contribution >= 4 is 41.9 Å². The van der Waals surface area contributed by atoms with E-state index in [4.69, 9.17) is 0 Å². The van der Waals surface area contributed by atoms with Gasteiger partial charge in [-0.2, -0.15) is 4.31 Å². The summed E-state index contributed by atoms with van der Waals surface area (Å²) in [4.78, 5) is 0.273. The second kappa shape index (κ2) is 7.05. The van der Waals surface area contributed by atoms with E-state index in [1.54, 1.807) is 18.2 Å². The first-order valence-corrected chi connectivity index (χ1v) is 9.47. The molecule has 0 N–H and O–H groups in total. The highest BCUT2D eigenvalue weighted by molar-refractivity contribution is 9.11. The molecule has 0 heterocycles. The van der Waals surface area contributed by atoms with E-state index in [2.05, 4.69) is 31.9 Å². The molecule has 0 aliphatic heterocycles. The Morgan fingerprint density at radius 1 is 1.05 bits per heavy atom. The van der Waals surface area contributed by atoms with Crippen LogP contribution in [0.2, 0.25) is 0 Å². The third kappa shape index (κ3) is 3.94. The molecule has 0 aliphatic rings. The van der Waals surface area contributed by atoms with E-state index in [9.17, 15) is 8.42 Å². The Hall–Kier alpha value is -0.690. The normalized spacial score (nSPS) is 11.8. The van der Waals surface area contributed by atoms with Gasteiger partial charge in [0, 0.05) is 22.0 Å². The van der Waals surface area contributed by atoms with Crippen molar-refractivity contribution in [1.82, 2.24) is 4.31 Å². The molecule has 0 saturated heterocycles. The Morgan fingerprint density at radius 2 is 1.71 bits per heavy atom. The maximum atomic E-state index is 12.8. The summed E-state index contributed by atoms with van der Waals surface area (Å²) in [6, 6.07) is 14.7. The molecular formula is C15H15Br2NO2S.